The first-order valence-corrected chi connectivity index (χ1v) is 10.3. The molecule has 1 aliphatic rings. The highest BCUT2D eigenvalue weighted by molar-refractivity contribution is 8.26. The van der Waals surface area contributed by atoms with Gasteiger partial charge in [-0.05, 0) is 36.4 Å². The number of thioether (sulfide) groups is 1. The van der Waals surface area contributed by atoms with Crippen molar-refractivity contribution in [3.8, 4) is 22.7 Å². The second kappa shape index (κ2) is 8.02. The van der Waals surface area contributed by atoms with Crippen LogP contribution < -0.4 is 4.74 Å². The van der Waals surface area contributed by atoms with Crippen molar-refractivity contribution in [2.75, 3.05) is 14.2 Å². The summed E-state index contributed by atoms with van der Waals surface area (Å²) in [7, 11) is 3.25. The number of rotatable bonds is 4. The van der Waals surface area contributed by atoms with Gasteiger partial charge in [0.1, 0.15) is 15.8 Å². The molecule has 0 spiro atoms. The molecule has 1 fully saturated rings. The molecule has 0 N–H and O–H groups in total. The smallest absolute Gasteiger partial charge is 0.265 e. The third-order valence-corrected chi connectivity index (χ3v) is 6.24. The van der Waals surface area contributed by atoms with Gasteiger partial charge in [0.15, 0.2) is 0 Å². The average Bonchev–Trinajstić information content (AvgIpc) is 3.26. The molecule has 29 heavy (non-hydrogen) atoms. The summed E-state index contributed by atoms with van der Waals surface area (Å²) in [6.45, 7) is 0. The molecule has 0 aliphatic carbocycles. The van der Waals surface area contributed by atoms with Gasteiger partial charge >= 0.3 is 0 Å². The van der Waals surface area contributed by atoms with Crippen molar-refractivity contribution >= 4 is 51.9 Å². The van der Waals surface area contributed by atoms with E-state index in [1.54, 1.807) is 31.0 Å². The lowest BCUT2D eigenvalue weighted by Crippen LogP contribution is -2.22. The Morgan fingerprint density at radius 2 is 1.97 bits per heavy atom. The number of para-hydroxylation sites is 1. The zero-order valence-electron chi connectivity index (χ0n) is 15.6. The maximum absolute atomic E-state index is 12.5. The number of benzene rings is 2. The largest absolute Gasteiger partial charge is 0.495 e. The number of likely N-dealkylation sites (N-methyl/N-ethyl adjacent to an activating group) is 1. The predicted octanol–water partition coefficient (Wildman–Crippen LogP) is 5.03. The Morgan fingerprint density at radius 3 is 2.59 bits per heavy atom. The lowest BCUT2D eigenvalue weighted by atomic mass is 10.1. The van der Waals surface area contributed by atoms with E-state index < -0.39 is 0 Å². The van der Waals surface area contributed by atoms with Crippen LogP contribution in [0.15, 0.2) is 59.6 Å². The molecule has 1 aromatic heterocycles. The lowest BCUT2D eigenvalue weighted by molar-refractivity contribution is -0.121. The van der Waals surface area contributed by atoms with Gasteiger partial charge in [0.2, 0.25) is 0 Å². The fourth-order valence-electron chi connectivity index (χ4n) is 2.93. The van der Waals surface area contributed by atoms with E-state index in [0.717, 1.165) is 16.8 Å². The van der Waals surface area contributed by atoms with E-state index in [9.17, 15) is 4.79 Å². The lowest BCUT2D eigenvalue weighted by Gasteiger charge is -2.05. The number of thiocarbonyl (C=S) groups is 1. The van der Waals surface area contributed by atoms with Gasteiger partial charge < -0.3 is 4.74 Å². The monoisotopic (exact) mass is 441 g/mol. The molecule has 1 amide bonds. The molecule has 2 aromatic carbocycles. The van der Waals surface area contributed by atoms with Crippen molar-refractivity contribution in [1.29, 1.82) is 0 Å². The number of methoxy groups -OCH3 is 1. The van der Waals surface area contributed by atoms with Crippen LogP contribution in [0.25, 0.3) is 23.0 Å². The Hall–Kier alpha value is -2.61. The normalized spacial score (nSPS) is 15.4. The van der Waals surface area contributed by atoms with Crippen molar-refractivity contribution in [2.45, 2.75) is 0 Å². The molecule has 3 aromatic rings. The number of aromatic nitrogens is 2. The molecule has 1 aliphatic heterocycles. The van der Waals surface area contributed by atoms with E-state index >= 15 is 0 Å². The third-order valence-electron chi connectivity index (χ3n) is 4.46. The van der Waals surface area contributed by atoms with Crippen LogP contribution in [-0.4, -0.2) is 39.1 Å². The van der Waals surface area contributed by atoms with Crippen LogP contribution in [0, 0.1) is 0 Å². The molecule has 0 bridgehead atoms. The van der Waals surface area contributed by atoms with E-state index in [1.807, 2.05) is 48.7 Å². The van der Waals surface area contributed by atoms with Crippen LogP contribution in [-0.2, 0) is 4.79 Å². The molecule has 8 heteroatoms. The van der Waals surface area contributed by atoms with Crippen molar-refractivity contribution in [2.24, 2.45) is 0 Å². The van der Waals surface area contributed by atoms with Crippen LogP contribution >= 0.6 is 35.6 Å². The van der Waals surface area contributed by atoms with Gasteiger partial charge in [-0.25, -0.2) is 4.68 Å². The van der Waals surface area contributed by atoms with E-state index in [-0.39, 0.29) is 5.91 Å². The first-order chi connectivity index (χ1) is 14.0. The summed E-state index contributed by atoms with van der Waals surface area (Å²) in [5.41, 5.74) is 3.24. The number of ether oxygens (including phenoxy) is 1. The minimum absolute atomic E-state index is 0.119. The van der Waals surface area contributed by atoms with Gasteiger partial charge in [0.05, 0.1) is 22.7 Å². The van der Waals surface area contributed by atoms with Crippen LogP contribution in [0.2, 0.25) is 5.02 Å². The van der Waals surface area contributed by atoms with Gasteiger partial charge in [0.25, 0.3) is 5.91 Å². The number of hydrogen-bond acceptors (Lipinski definition) is 5. The molecule has 146 valence electrons. The van der Waals surface area contributed by atoms with Gasteiger partial charge in [0, 0.05) is 24.4 Å². The second-order valence-corrected chi connectivity index (χ2v) is 8.39. The summed E-state index contributed by atoms with van der Waals surface area (Å²) in [6, 6.07) is 15.3. The molecular weight excluding hydrogens is 426 g/mol. The Balaban J connectivity index is 1.85. The first kappa shape index (κ1) is 19.7. The zero-order chi connectivity index (χ0) is 20.5. The highest BCUT2D eigenvalue weighted by Gasteiger charge is 2.29. The average molecular weight is 442 g/mol. The number of carbonyl (C=O) groups is 1. The summed E-state index contributed by atoms with van der Waals surface area (Å²) in [6.07, 6.45) is 3.72. The van der Waals surface area contributed by atoms with E-state index in [1.165, 1.54) is 16.7 Å². The Bertz CT molecular complexity index is 1140. The van der Waals surface area contributed by atoms with Crippen LogP contribution in [0.5, 0.6) is 5.75 Å². The number of carbonyl (C=O) groups excluding carboxylic acids is 1. The number of halogens is 1. The van der Waals surface area contributed by atoms with Gasteiger partial charge in [-0.2, -0.15) is 5.10 Å². The second-order valence-electron chi connectivity index (χ2n) is 6.30. The van der Waals surface area contributed by atoms with E-state index in [4.69, 9.17) is 33.7 Å². The highest BCUT2D eigenvalue weighted by atomic mass is 35.5. The number of nitrogens with zero attached hydrogens (tertiary/aromatic N) is 3. The third kappa shape index (κ3) is 3.81. The minimum Gasteiger partial charge on any atom is -0.495 e. The molecule has 5 nitrogen and oxygen atoms in total. The Kier molecular flexibility index (Phi) is 5.45. The van der Waals surface area contributed by atoms with Crippen molar-refractivity contribution in [1.82, 2.24) is 14.7 Å². The van der Waals surface area contributed by atoms with Gasteiger partial charge in [-0.3, -0.25) is 9.69 Å². The molecule has 0 unspecified atom stereocenters. The quantitative estimate of drug-likeness (QED) is 0.419. The predicted molar refractivity (Wildman–Crippen MR) is 121 cm³/mol. The Labute approximate surface area is 182 Å². The molecular formula is C21H16ClN3O2S2. The summed E-state index contributed by atoms with van der Waals surface area (Å²) in [5.74, 6) is 0.470. The van der Waals surface area contributed by atoms with Crippen LogP contribution in [0.3, 0.4) is 0 Å². The maximum atomic E-state index is 12.5. The fourth-order valence-corrected chi connectivity index (χ4v) is 4.36. The molecule has 0 radical (unpaired) electrons. The maximum Gasteiger partial charge on any atom is 0.265 e. The van der Waals surface area contributed by atoms with Crippen molar-refractivity contribution < 1.29 is 9.53 Å². The molecule has 0 atom stereocenters. The fraction of sp³-hybridized carbons (Fsp3) is 0.0952. The van der Waals surface area contributed by atoms with Crippen LogP contribution in [0.4, 0.5) is 0 Å². The topological polar surface area (TPSA) is 47.4 Å². The first-order valence-electron chi connectivity index (χ1n) is 8.68. The highest BCUT2D eigenvalue weighted by Crippen LogP contribution is 2.35. The molecule has 0 saturated carbocycles. The summed E-state index contributed by atoms with van der Waals surface area (Å²) >= 11 is 12.9. The number of amides is 1. The summed E-state index contributed by atoms with van der Waals surface area (Å²) in [5, 5.41) is 5.25. The molecule has 2 heterocycles. The van der Waals surface area contributed by atoms with Gasteiger partial charge in [-0.15, -0.1) is 0 Å². The molecule has 4 rings (SSSR count). The van der Waals surface area contributed by atoms with E-state index in [0.29, 0.717) is 25.7 Å². The summed E-state index contributed by atoms with van der Waals surface area (Å²) < 4.78 is 7.57. The van der Waals surface area contributed by atoms with Crippen molar-refractivity contribution in [3.63, 3.8) is 0 Å². The minimum atomic E-state index is -0.119. The Morgan fingerprint density at radius 1 is 1.21 bits per heavy atom. The van der Waals surface area contributed by atoms with E-state index in [2.05, 4.69) is 0 Å². The van der Waals surface area contributed by atoms with Crippen LogP contribution in [0.1, 0.15) is 5.56 Å². The SMILES string of the molecule is COc1ccc(-c2nn(-c3ccccc3)cc2/C=C2\SC(=S)N(C)C2=O)cc1Cl. The zero-order valence-corrected chi connectivity index (χ0v) is 18.0. The van der Waals surface area contributed by atoms with Gasteiger partial charge in [-0.1, -0.05) is 53.8 Å². The standard InChI is InChI=1S/C21H16ClN3O2S2/c1-24-20(26)18(29-21(24)28)11-14-12-25(15-6-4-3-5-7-15)23-19(14)13-8-9-17(27-2)16(22)10-13/h3-12H,1-2H3/b18-11-. The number of hydrogen-bond donors (Lipinski definition) is 0. The summed E-state index contributed by atoms with van der Waals surface area (Å²) in [4.78, 5) is 14.5. The molecule has 1 saturated heterocycles. The van der Waals surface area contributed by atoms with Crippen molar-refractivity contribution in [3.05, 3.63) is 70.2 Å².